The Morgan fingerprint density at radius 1 is 1.09 bits per heavy atom. The molecule has 0 saturated heterocycles. The first-order chi connectivity index (χ1) is 10.7. The van der Waals surface area contributed by atoms with Crippen molar-refractivity contribution in [3.8, 4) is 11.5 Å². The van der Waals surface area contributed by atoms with Gasteiger partial charge in [0.05, 0.1) is 14.2 Å². The molecule has 0 fully saturated rings. The van der Waals surface area contributed by atoms with Crippen LogP contribution in [0, 0.1) is 0 Å². The van der Waals surface area contributed by atoms with Crippen LogP contribution in [0.15, 0.2) is 47.2 Å². The van der Waals surface area contributed by atoms with Gasteiger partial charge in [-0.25, -0.2) is 4.98 Å². The number of fused-ring (bicyclic) bond motifs is 1. The molecule has 0 aliphatic heterocycles. The number of carbonyl (C=O) groups excluding carboxylic acids is 1. The lowest BCUT2D eigenvalue weighted by Crippen LogP contribution is -2.11. The molecule has 0 bridgehead atoms. The zero-order chi connectivity index (χ0) is 15.5. The van der Waals surface area contributed by atoms with E-state index in [0.29, 0.717) is 33.8 Å². The molecule has 0 saturated carbocycles. The number of hydrogen-bond acceptors (Lipinski definition) is 5. The zero-order valence-corrected chi connectivity index (χ0v) is 12.1. The largest absolute Gasteiger partial charge is 0.493 e. The first-order valence-electron chi connectivity index (χ1n) is 6.58. The van der Waals surface area contributed by atoms with E-state index < -0.39 is 0 Å². The van der Waals surface area contributed by atoms with Crippen molar-refractivity contribution in [3.63, 3.8) is 0 Å². The number of ether oxygens (including phenoxy) is 2. The fourth-order valence-corrected chi connectivity index (χ4v) is 2.12. The van der Waals surface area contributed by atoms with E-state index >= 15 is 0 Å². The fraction of sp³-hybridized carbons (Fsp3) is 0.125. The first kappa shape index (κ1) is 13.9. The van der Waals surface area contributed by atoms with Gasteiger partial charge in [0.1, 0.15) is 5.52 Å². The minimum atomic E-state index is -0.239. The third kappa shape index (κ3) is 2.58. The summed E-state index contributed by atoms with van der Waals surface area (Å²) in [5, 5.41) is 2.81. The van der Waals surface area contributed by atoms with Crippen molar-refractivity contribution in [2.24, 2.45) is 0 Å². The molecule has 0 unspecified atom stereocenters. The molecule has 3 aromatic rings. The van der Waals surface area contributed by atoms with E-state index in [4.69, 9.17) is 13.9 Å². The monoisotopic (exact) mass is 298 g/mol. The topological polar surface area (TPSA) is 73.6 Å². The summed E-state index contributed by atoms with van der Waals surface area (Å²) in [6, 6.07) is 10.2. The lowest BCUT2D eigenvalue weighted by Gasteiger charge is -2.10. The third-order valence-electron chi connectivity index (χ3n) is 3.23. The van der Waals surface area contributed by atoms with Crippen molar-refractivity contribution in [1.82, 2.24) is 4.98 Å². The number of anilines is 1. The lowest BCUT2D eigenvalue weighted by molar-refractivity contribution is 0.102. The van der Waals surface area contributed by atoms with Crippen molar-refractivity contribution >= 4 is 22.7 Å². The smallest absolute Gasteiger partial charge is 0.255 e. The number of hydrogen-bond donors (Lipinski definition) is 1. The summed E-state index contributed by atoms with van der Waals surface area (Å²) in [5.41, 5.74) is 2.39. The molecular formula is C16H14N2O4. The molecule has 6 heteroatoms. The van der Waals surface area contributed by atoms with Crippen molar-refractivity contribution < 1.29 is 18.7 Å². The second-order valence-corrected chi connectivity index (χ2v) is 4.56. The van der Waals surface area contributed by atoms with Gasteiger partial charge in [-0.1, -0.05) is 0 Å². The summed E-state index contributed by atoms with van der Waals surface area (Å²) in [7, 11) is 3.10. The Balaban J connectivity index is 1.84. The predicted molar refractivity (Wildman–Crippen MR) is 81.5 cm³/mol. The number of carbonyl (C=O) groups is 1. The molecule has 22 heavy (non-hydrogen) atoms. The summed E-state index contributed by atoms with van der Waals surface area (Å²) in [6.45, 7) is 0. The van der Waals surface area contributed by atoms with Gasteiger partial charge >= 0.3 is 0 Å². The molecule has 1 N–H and O–H groups in total. The molecule has 1 aromatic heterocycles. The van der Waals surface area contributed by atoms with Crippen LogP contribution >= 0.6 is 0 Å². The van der Waals surface area contributed by atoms with Crippen molar-refractivity contribution in [2.75, 3.05) is 19.5 Å². The average molecular weight is 298 g/mol. The summed E-state index contributed by atoms with van der Waals surface area (Å²) >= 11 is 0. The molecule has 0 radical (unpaired) electrons. The highest BCUT2D eigenvalue weighted by molar-refractivity contribution is 6.05. The highest BCUT2D eigenvalue weighted by Gasteiger charge is 2.10. The molecule has 112 valence electrons. The SMILES string of the molecule is COc1ccc(NC(=O)c2ccc3ocnc3c2)cc1OC. The third-order valence-corrected chi connectivity index (χ3v) is 3.23. The quantitative estimate of drug-likeness (QED) is 0.801. The van der Waals surface area contributed by atoms with Gasteiger partial charge in [-0.05, 0) is 30.3 Å². The van der Waals surface area contributed by atoms with Crippen LogP contribution < -0.4 is 14.8 Å². The van der Waals surface area contributed by atoms with E-state index in [2.05, 4.69) is 10.3 Å². The minimum Gasteiger partial charge on any atom is -0.493 e. The van der Waals surface area contributed by atoms with E-state index in [0.717, 1.165) is 0 Å². The molecule has 0 spiro atoms. The van der Waals surface area contributed by atoms with Gasteiger partial charge in [-0.15, -0.1) is 0 Å². The molecule has 2 aromatic carbocycles. The second kappa shape index (κ2) is 5.77. The van der Waals surface area contributed by atoms with Gasteiger partial charge in [-0.3, -0.25) is 4.79 Å². The van der Waals surface area contributed by atoms with Crippen molar-refractivity contribution in [3.05, 3.63) is 48.4 Å². The van der Waals surface area contributed by atoms with E-state index in [1.165, 1.54) is 6.39 Å². The van der Waals surface area contributed by atoms with E-state index in [1.807, 2.05) is 0 Å². The summed E-state index contributed by atoms with van der Waals surface area (Å²) < 4.78 is 15.5. The fourth-order valence-electron chi connectivity index (χ4n) is 2.12. The van der Waals surface area contributed by atoms with Crippen LogP contribution in [0.1, 0.15) is 10.4 Å². The molecule has 6 nitrogen and oxygen atoms in total. The Kier molecular flexibility index (Phi) is 3.65. The molecule has 0 aliphatic rings. The summed E-state index contributed by atoms with van der Waals surface area (Å²) in [4.78, 5) is 16.3. The lowest BCUT2D eigenvalue weighted by atomic mass is 10.2. The molecule has 0 atom stereocenters. The van der Waals surface area contributed by atoms with Gasteiger partial charge in [0.2, 0.25) is 0 Å². The van der Waals surface area contributed by atoms with E-state index in [-0.39, 0.29) is 5.91 Å². The average Bonchev–Trinajstić information content (AvgIpc) is 3.02. The minimum absolute atomic E-state index is 0.239. The number of nitrogens with zero attached hydrogens (tertiary/aromatic N) is 1. The number of aromatic nitrogens is 1. The van der Waals surface area contributed by atoms with Crippen LogP contribution in [0.25, 0.3) is 11.1 Å². The maximum Gasteiger partial charge on any atom is 0.255 e. The van der Waals surface area contributed by atoms with E-state index in [1.54, 1.807) is 50.6 Å². The highest BCUT2D eigenvalue weighted by Crippen LogP contribution is 2.30. The van der Waals surface area contributed by atoms with Gasteiger partial charge < -0.3 is 19.2 Å². The van der Waals surface area contributed by atoms with Crippen LogP contribution in [-0.4, -0.2) is 25.1 Å². The molecule has 1 heterocycles. The molecule has 1 amide bonds. The number of rotatable bonds is 4. The Hall–Kier alpha value is -3.02. The summed E-state index contributed by atoms with van der Waals surface area (Å²) in [5.74, 6) is 0.911. The zero-order valence-electron chi connectivity index (χ0n) is 12.1. The Bertz CT molecular complexity index is 826. The van der Waals surface area contributed by atoms with Crippen LogP contribution in [-0.2, 0) is 0 Å². The number of oxazole rings is 1. The maximum atomic E-state index is 12.3. The predicted octanol–water partition coefficient (Wildman–Crippen LogP) is 3.10. The number of nitrogens with one attached hydrogen (secondary N) is 1. The van der Waals surface area contributed by atoms with E-state index in [9.17, 15) is 4.79 Å². The van der Waals surface area contributed by atoms with Crippen LogP contribution in [0.2, 0.25) is 0 Å². The number of methoxy groups -OCH3 is 2. The number of amides is 1. The maximum absolute atomic E-state index is 12.3. The second-order valence-electron chi connectivity index (χ2n) is 4.56. The van der Waals surface area contributed by atoms with Crippen molar-refractivity contribution in [1.29, 1.82) is 0 Å². The van der Waals surface area contributed by atoms with Gasteiger partial charge in [0.25, 0.3) is 5.91 Å². The molecular weight excluding hydrogens is 284 g/mol. The first-order valence-corrected chi connectivity index (χ1v) is 6.58. The van der Waals surface area contributed by atoms with Crippen molar-refractivity contribution in [2.45, 2.75) is 0 Å². The Morgan fingerprint density at radius 2 is 1.91 bits per heavy atom. The Labute approximate surface area is 126 Å². The van der Waals surface area contributed by atoms with Gasteiger partial charge in [0, 0.05) is 17.3 Å². The van der Waals surface area contributed by atoms with Crippen LogP contribution in [0.3, 0.4) is 0 Å². The van der Waals surface area contributed by atoms with Gasteiger partial charge in [0.15, 0.2) is 23.5 Å². The molecule has 0 aliphatic carbocycles. The van der Waals surface area contributed by atoms with Crippen LogP contribution in [0.5, 0.6) is 11.5 Å². The summed E-state index contributed by atoms with van der Waals surface area (Å²) in [6.07, 6.45) is 1.35. The number of benzene rings is 2. The standard InChI is InChI=1S/C16H14N2O4/c1-20-14-6-4-11(8-15(14)21-2)18-16(19)10-3-5-13-12(7-10)17-9-22-13/h3-9H,1-2H3,(H,18,19). The normalized spacial score (nSPS) is 10.5. The van der Waals surface area contributed by atoms with Crippen LogP contribution in [0.4, 0.5) is 5.69 Å². The Morgan fingerprint density at radius 3 is 2.68 bits per heavy atom. The van der Waals surface area contributed by atoms with Gasteiger partial charge in [-0.2, -0.15) is 0 Å². The highest BCUT2D eigenvalue weighted by atomic mass is 16.5. The molecule has 3 rings (SSSR count).